The SMILES string of the molecule is COC(=O)c1ccc2c(c1)C(CCn1cnc3cc(C)c(C)cc31)c1ccccc1CO2. The number of esters is 1. The molecule has 1 aromatic heterocycles. The number of methoxy groups -OCH3 is 1. The number of fused-ring (bicyclic) bond motifs is 3. The largest absolute Gasteiger partial charge is 0.489 e. The highest BCUT2D eigenvalue weighted by atomic mass is 16.5. The first-order valence-electron chi connectivity index (χ1n) is 10.9. The number of aryl methyl sites for hydroxylation is 3. The molecule has 0 spiro atoms. The van der Waals surface area contributed by atoms with Crippen LogP contribution < -0.4 is 4.74 Å². The zero-order valence-electron chi connectivity index (χ0n) is 18.6. The van der Waals surface area contributed by atoms with Crippen molar-refractivity contribution in [1.29, 1.82) is 0 Å². The molecule has 0 saturated carbocycles. The molecule has 1 unspecified atom stereocenters. The molecule has 0 N–H and O–H groups in total. The third-order valence-electron chi connectivity index (χ3n) is 6.52. The Bertz CT molecular complexity index is 1320. The summed E-state index contributed by atoms with van der Waals surface area (Å²) in [5.41, 5.74) is 8.66. The summed E-state index contributed by atoms with van der Waals surface area (Å²) in [6.45, 7) is 5.57. The van der Waals surface area contributed by atoms with E-state index in [1.807, 2.05) is 24.5 Å². The van der Waals surface area contributed by atoms with E-state index in [4.69, 9.17) is 9.47 Å². The highest BCUT2D eigenvalue weighted by Gasteiger charge is 2.26. The van der Waals surface area contributed by atoms with E-state index in [-0.39, 0.29) is 11.9 Å². The second-order valence-corrected chi connectivity index (χ2v) is 8.44. The molecule has 0 fully saturated rings. The minimum Gasteiger partial charge on any atom is -0.489 e. The topological polar surface area (TPSA) is 53.4 Å². The highest BCUT2D eigenvalue weighted by Crippen LogP contribution is 2.40. The number of nitrogens with zero attached hydrogens (tertiary/aromatic N) is 2. The van der Waals surface area contributed by atoms with E-state index in [9.17, 15) is 4.79 Å². The normalized spacial score (nSPS) is 14.9. The van der Waals surface area contributed by atoms with Crippen LogP contribution >= 0.6 is 0 Å². The van der Waals surface area contributed by atoms with Crippen LogP contribution in [0.5, 0.6) is 5.75 Å². The lowest BCUT2D eigenvalue weighted by atomic mass is 9.85. The number of carbonyl (C=O) groups excluding carboxylic acids is 1. The Hall–Kier alpha value is -3.60. The molecule has 3 aromatic carbocycles. The molecule has 5 nitrogen and oxygen atoms in total. The van der Waals surface area contributed by atoms with Crippen LogP contribution in [0.15, 0.2) is 60.9 Å². The molecule has 0 saturated heterocycles. The first-order valence-corrected chi connectivity index (χ1v) is 10.9. The summed E-state index contributed by atoms with van der Waals surface area (Å²) in [4.78, 5) is 16.8. The van der Waals surface area contributed by atoms with Crippen LogP contribution in [0.1, 0.15) is 50.5 Å². The van der Waals surface area contributed by atoms with E-state index < -0.39 is 0 Å². The van der Waals surface area contributed by atoms with Crippen molar-refractivity contribution in [1.82, 2.24) is 9.55 Å². The first kappa shape index (κ1) is 20.3. The van der Waals surface area contributed by atoms with Gasteiger partial charge in [-0.05, 0) is 72.9 Å². The van der Waals surface area contributed by atoms with Gasteiger partial charge in [0.2, 0.25) is 0 Å². The lowest BCUT2D eigenvalue weighted by Crippen LogP contribution is -2.09. The number of ether oxygens (including phenoxy) is 2. The minimum atomic E-state index is -0.337. The lowest BCUT2D eigenvalue weighted by Gasteiger charge is -2.20. The highest BCUT2D eigenvalue weighted by molar-refractivity contribution is 5.90. The van der Waals surface area contributed by atoms with Crippen LogP contribution in [0.3, 0.4) is 0 Å². The summed E-state index contributed by atoms with van der Waals surface area (Å²) in [5, 5.41) is 0. The van der Waals surface area contributed by atoms with E-state index in [0.717, 1.165) is 35.3 Å². The van der Waals surface area contributed by atoms with Crippen LogP contribution in [0.2, 0.25) is 0 Å². The van der Waals surface area contributed by atoms with Gasteiger partial charge in [-0.1, -0.05) is 24.3 Å². The molecule has 162 valence electrons. The van der Waals surface area contributed by atoms with Crippen LogP contribution in [-0.4, -0.2) is 22.6 Å². The molecule has 5 heteroatoms. The van der Waals surface area contributed by atoms with Gasteiger partial charge in [-0.3, -0.25) is 0 Å². The number of rotatable bonds is 4. The zero-order chi connectivity index (χ0) is 22.2. The van der Waals surface area contributed by atoms with Crippen LogP contribution in [-0.2, 0) is 17.9 Å². The summed E-state index contributed by atoms with van der Waals surface area (Å²) in [6.07, 6.45) is 2.78. The third kappa shape index (κ3) is 3.54. The van der Waals surface area contributed by atoms with Gasteiger partial charge in [0.15, 0.2) is 0 Å². The molecular formula is C27H26N2O3. The van der Waals surface area contributed by atoms with E-state index in [2.05, 4.69) is 53.7 Å². The zero-order valence-corrected chi connectivity index (χ0v) is 18.6. The number of imidazole rings is 1. The Balaban J connectivity index is 1.55. The molecule has 5 rings (SSSR count). The average Bonchev–Trinajstić information content (AvgIpc) is 3.11. The Morgan fingerprint density at radius 1 is 1.09 bits per heavy atom. The van der Waals surface area contributed by atoms with Crippen molar-refractivity contribution < 1.29 is 14.3 Å². The van der Waals surface area contributed by atoms with Crippen molar-refractivity contribution in [2.24, 2.45) is 0 Å². The smallest absolute Gasteiger partial charge is 0.337 e. The second-order valence-electron chi connectivity index (χ2n) is 8.44. The molecule has 0 bridgehead atoms. The fourth-order valence-electron chi connectivity index (χ4n) is 4.60. The fraction of sp³-hybridized carbons (Fsp3) is 0.259. The molecule has 4 aromatic rings. The van der Waals surface area contributed by atoms with Gasteiger partial charge in [0.1, 0.15) is 12.4 Å². The van der Waals surface area contributed by atoms with Crippen molar-refractivity contribution in [3.8, 4) is 5.75 Å². The van der Waals surface area contributed by atoms with Gasteiger partial charge >= 0.3 is 5.97 Å². The number of hydrogen-bond acceptors (Lipinski definition) is 4. The minimum absolute atomic E-state index is 0.0947. The van der Waals surface area contributed by atoms with Crippen molar-refractivity contribution in [3.63, 3.8) is 0 Å². The fourth-order valence-corrected chi connectivity index (χ4v) is 4.60. The number of carbonyl (C=O) groups is 1. The Morgan fingerprint density at radius 2 is 1.91 bits per heavy atom. The monoisotopic (exact) mass is 426 g/mol. The quantitative estimate of drug-likeness (QED) is 0.401. The van der Waals surface area contributed by atoms with E-state index in [0.29, 0.717) is 12.2 Å². The molecule has 0 amide bonds. The van der Waals surface area contributed by atoms with Gasteiger partial charge in [0, 0.05) is 18.0 Å². The Labute approximate surface area is 187 Å². The average molecular weight is 427 g/mol. The second kappa shape index (κ2) is 8.15. The van der Waals surface area contributed by atoms with E-state index in [1.165, 1.54) is 29.4 Å². The molecule has 1 atom stereocenters. The molecule has 1 aliphatic rings. The molecule has 0 aliphatic carbocycles. The van der Waals surface area contributed by atoms with Gasteiger partial charge in [0.05, 0.1) is 30.0 Å². The Morgan fingerprint density at radius 3 is 2.75 bits per heavy atom. The van der Waals surface area contributed by atoms with E-state index in [1.54, 1.807) is 6.07 Å². The van der Waals surface area contributed by atoms with Gasteiger partial charge in [-0.25, -0.2) is 9.78 Å². The summed E-state index contributed by atoms with van der Waals surface area (Å²) in [7, 11) is 1.41. The summed E-state index contributed by atoms with van der Waals surface area (Å²) in [5.74, 6) is 0.577. The van der Waals surface area contributed by atoms with Gasteiger partial charge < -0.3 is 14.0 Å². The summed E-state index contributed by atoms with van der Waals surface area (Å²) >= 11 is 0. The predicted molar refractivity (Wildman–Crippen MR) is 124 cm³/mol. The third-order valence-corrected chi connectivity index (χ3v) is 6.52. The van der Waals surface area contributed by atoms with Crippen LogP contribution in [0.25, 0.3) is 11.0 Å². The van der Waals surface area contributed by atoms with Crippen molar-refractivity contribution in [2.75, 3.05) is 7.11 Å². The maximum atomic E-state index is 12.2. The maximum absolute atomic E-state index is 12.2. The molecular weight excluding hydrogens is 400 g/mol. The lowest BCUT2D eigenvalue weighted by molar-refractivity contribution is 0.0600. The molecule has 1 aliphatic heterocycles. The number of aromatic nitrogens is 2. The summed E-state index contributed by atoms with van der Waals surface area (Å²) in [6, 6.07) is 18.3. The molecule has 32 heavy (non-hydrogen) atoms. The van der Waals surface area contributed by atoms with Crippen molar-refractivity contribution in [3.05, 3.63) is 94.3 Å². The van der Waals surface area contributed by atoms with Gasteiger partial charge in [-0.2, -0.15) is 0 Å². The van der Waals surface area contributed by atoms with Gasteiger partial charge in [-0.15, -0.1) is 0 Å². The van der Waals surface area contributed by atoms with E-state index >= 15 is 0 Å². The molecule has 2 heterocycles. The molecule has 0 radical (unpaired) electrons. The van der Waals surface area contributed by atoms with Crippen molar-refractivity contribution in [2.45, 2.75) is 39.3 Å². The number of benzene rings is 3. The number of hydrogen-bond donors (Lipinski definition) is 0. The van der Waals surface area contributed by atoms with Crippen LogP contribution in [0, 0.1) is 13.8 Å². The first-order chi connectivity index (χ1) is 15.5. The maximum Gasteiger partial charge on any atom is 0.337 e. The van der Waals surface area contributed by atoms with Crippen LogP contribution in [0.4, 0.5) is 0 Å². The van der Waals surface area contributed by atoms with Gasteiger partial charge in [0.25, 0.3) is 0 Å². The van der Waals surface area contributed by atoms with Crippen molar-refractivity contribution >= 4 is 17.0 Å². The summed E-state index contributed by atoms with van der Waals surface area (Å²) < 4.78 is 13.3. The predicted octanol–water partition coefficient (Wildman–Crippen LogP) is 5.55. The standard InChI is InChI=1S/C27H26N2O3/c1-17-12-24-25(13-18(17)2)29(16-28-24)11-10-22-21-7-5-4-6-20(21)15-32-26-9-8-19(14-23(22)26)27(30)31-3/h4-9,12-14,16,22H,10-11,15H2,1-3H3. The Kier molecular flexibility index (Phi) is 5.17.